The van der Waals surface area contributed by atoms with Crippen LogP contribution >= 0.6 is 24.0 Å². The minimum atomic E-state index is -0.444. The molecule has 0 atom stereocenters. The standard InChI is InChI=1S/C19H18ClN3O2.ClH/c20-14-8-6-13(7-9-14)12-24-16-5-2-1-4-15(16)17-22-18(23-25-17)19(21)10-3-11-19;/h1-2,4-9H,3,10-12,21H2;1H. The van der Waals surface area contributed by atoms with Crippen LogP contribution in [0, 0.1) is 0 Å². The second kappa shape index (κ2) is 7.66. The predicted octanol–water partition coefficient (Wildman–Crippen LogP) is 4.73. The van der Waals surface area contributed by atoms with Crippen LogP contribution in [-0.2, 0) is 12.1 Å². The van der Waals surface area contributed by atoms with Crippen LogP contribution in [0.1, 0.15) is 30.7 Å². The van der Waals surface area contributed by atoms with Gasteiger partial charge < -0.3 is 15.0 Å². The summed E-state index contributed by atoms with van der Waals surface area (Å²) < 4.78 is 11.4. The number of para-hydroxylation sites is 1. The maximum Gasteiger partial charge on any atom is 0.261 e. The van der Waals surface area contributed by atoms with Crippen molar-refractivity contribution in [2.24, 2.45) is 5.73 Å². The van der Waals surface area contributed by atoms with Crippen LogP contribution in [0.4, 0.5) is 0 Å². The topological polar surface area (TPSA) is 74.2 Å². The van der Waals surface area contributed by atoms with E-state index in [-0.39, 0.29) is 12.4 Å². The lowest BCUT2D eigenvalue weighted by Gasteiger charge is -2.34. The van der Waals surface area contributed by atoms with Gasteiger partial charge in [-0.3, -0.25) is 0 Å². The molecule has 1 heterocycles. The monoisotopic (exact) mass is 391 g/mol. The molecular weight excluding hydrogens is 373 g/mol. The molecule has 1 fully saturated rings. The van der Waals surface area contributed by atoms with Gasteiger partial charge in [-0.25, -0.2) is 0 Å². The summed E-state index contributed by atoms with van der Waals surface area (Å²) >= 11 is 5.91. The van der Waals surface area contributed by atoms with Crippen molar-refractivity contribution in [1.29, 1.82) is 0 Å². The van der Waals surface area contributed by atoms with Gasteiger partial charge in [0.05, 0.1) is 11.1 Å². The summed E-state index contributed by atoms with van der Waals surface area (Å²) in [7, 11) is 0. The van der Waals surface area contributed by atoms with Crippen molar-refractivity contribution in [3.8, 4) is 17.2 Å². The lowest BCUT2D eigenvalue weighted by atomic mass is 9.77. The third-order valence-electron chi connectivity index (χ3n) is 4.54. The van der Waals surface area contributed by atoms with E-state index in [0.29, 0.717) is 29.1 Å². The number of hydrogen-bond acceptors (Lipinski definition) is 5. The first-order valence-electron chi connectivity index (χ1n) is 8.24. The fraction of sp³-hybridized carbons (Fsp3) is 0.263. The molecule has 2 N–H and O–H groups in total. The van der Waals surface area contributed by atoms with Gasteiger partial charge in [-0.15, -0.1) is 12.4 Å². The van der Waals surface area contributed by atoms with Crippen molar-refractivity contribution >= 4 is 24.0 Å². The van der Waals surface area contributed by atoms with E-state index < -0.39 is 5.54 Å². The Bertz CT molecular complexity index is 877. The van der Waals surface area contributed by atoms with Crippen LogP contribution in [0.5, 0.6) is 5.75 Å². The summed E-state index contributed by atoms with van der Waals surface area (Å²) in [5.41, 5.74) is 7.62. The molecule has 1 aliphatic carbocycles. The van der Waals surface area contributed by atoms with Gasteiger partial charge in [0, 0.05) is 5.02 Å². The van der Waals surface area contributed by atoms with Crippen molar-refractivity contribution in [2.45, 2.75) is 31.4 Å². The van der Waals surface area contributed by atoms with E-state index in [9.17, 15) is 0 Å². The molecule has 2 aromatic carbocycles. The summed E-state index contributed by atoms with van der Waals surface area (Å²) in [6.45, 7) is 0.427. The van der Waals surface area contributed by atoms with Gasteiger partial charge in [0.25, 0.3) is 5.89 Å². The second-order valence-electron chi connectivity index (χ2n) is 6.34. The number of nitrogens with two attached hydrogens (primary N) is 1. The molecule has 5 nitrogen and oxygen atoms in total. The Labute approximate surface area is 162 Å². The predicted molar refractivity (Wildman–Crippen MR) is 102 cm³/mol. The van der Waals surface area contributed by atoms with Crippen molar-refractivity contribution in [2.75, 3.05) is 0 Å². The number of benzene rings is 2. The van der Waals surface area contributed by atoms with Crippen molar-refractivity contribution in [1.82, 2.24) is 10.1 Å². The summed E-state index contributed by atoms with van der Waals surface area (Å²) in [4.78, 5) is 4.50. The molecule has 4 rings (SSSR count). The minimum absolute atomic E-state index is 0. The summed E-state index contributed by atoms with van der Waals surface area (Å²) in [5.74, 6) is 1.69. The molecule has 0 spiro atoms. The molecule has 26 heavy (non-hydrogen) atoms. The van der Waals surface area contributed by atoms with Crippen LogP contribution in [0.15, 0.2) is 53.1 Å². The zero-order valence-electron chi connectivity index (χ0n) is 14.0. The maximum atomic E-state index is 6.27. The Morgan fingerprint density at radius 1 is 1.12 bits per heavy atom. The van der Waals surface area contributed by atoms with Gasteiger partial charge in [0.15, 0.2) is 5.82 Å². The maximum absolute atomic E-state index is 6.27. The molecule has 0 bridgehead atoms. The highest BCUT2D eigenvalue weighted by Gasteiger charge is 2.39. The van der Waals surface area contributed by atoms with E-state index in [4.69, 9.17) is 26.6 Å². The Morgan fingerprint density at radius 2 is 1.85 bits per heavy atom. The van der Waals surface area contributed by atoms with Crippen molar-refractivity contribution in [3.05, 3.63) is 64.9 Å². The van der Waals surface area contributed by atoms with Gasteiger partial charge in [-0.1, -0.05) is 41.0 Å². The van der Waals surface area contributed by atoms with E-state index in [2.05, 4.69) is 10.1 Å². The summed E-state index contributed by atoms with van der Waals surface area (Å²) in [6.07, 6.45) is 2.88. The molecule has 0 radical (unpaired) electrons. The summed E-state index contributed by atoms with van der Waals surface area (Å²) in [6, 6.07) is 15.2. The normalized spacial score (nSPS) is 15.0. The van der Waals surface area contributed by atoms with Crippen LogP contribution in [0.3, 0.4) is 0 Å². The van der Waals surface area contributed by atoms with Crippen LogP contribution in [0.2, 0.25) is 5.02 Å². The highest BCUT2D eigenvalue weighted by Crippen LogP contribution is 2.38. The SMILES string of the molecule is Cl.NC1(c2noc(-c3ccccc3OCc3ccc(Cl)cc3)n2)CCC1. The third kappa shape index (κ3) is 3.70. The van der Waals surface area contributed by atoms with Crippen LogP contribution < -0.4 is 10.5 Å². The van der Waals surface area contributed by atoms with E-state index >= 15 is 0 Å². The largest absolute Gasteiger partial charge is 0.488 e. The lowest BCUT2D eigenvalue weighted by Crippen LogP contribution is -2.44. The zero-order valence-corrected chi connectivity index (χ0v) is 15.6. The number of nitrogens with zero attached hydrogens (tertiary/aromatic N) is 2. The first-order chi connectivity index (χ1) is 12.1. The Hall–Kier alpha value is -2.08. The number of ether oxygens (including phenoxy) is 1. The van der Waals surface area contributed by atoms with Crippen LogP contribution in [0.25, 0.3) is 11.5 Å². The van der Waals surface area contributed by atoms with E-state index in [1.807, 2.05) is 48.5 Å². The number of rotatable bonds is 5. The third-order valence-corrected chi connectivity index (χ3v) is 4.79. The molecule has 0 amide bonds. The molecule has 136 valence electrons. The quantitative estimate of drug-likeness (QED) is 0.680. The van der Waals surface area contributed by atoms with Crippen molar-refractivity contribution in [3.63, 3.8) is 0 Å². The number of halogens is 2. The first kappa shape index (κ1) is 18.7. The molecule has 0 saturated heterocycles. The number of hydrogen-bond donors (Lipinski definition) is 1. The molecule has 0 unspecified atom stereocenters. The number of aromatic nitrogens is 2. The minimum Gasteiger partial charge on any atom is -0.488 e. The molecular formula is C19H19Cl2N3O2. The summed E-state index contributed by atoms with van der Waals surface area (Å²) in [5, 5.41) is 4.78. The van der Waals surface area contributed by atoms with Crippen LogP contribution in [-0.4, -0.2) is 10.1 Å². The fourth-order valence-electron chi connectivity index (χ4n) is 2.83. The van der Waals surface area contributed by atoms with E-state index in [0.717, 1.165) is 30.4 Å². The van der Waals surface area contributed by atoms with Gasteiger partial charge >= 0.3 is 0 Å². The molecule has 7 heteroatoms. The molecule has 1 aromatic heterocycles. The molecule has 1 aliphatic rings. The average Bonchev–Trinajstić information content (AvgIpc) is 3.10. The molecule has 1 saturated carbocycles. The Morgan fingerprint density at radius 3 is 2.54 bits per heavy atom. The highest BCUT2D eigenvalue weighted by atomic mass is 35.5. The highest BCUT2D eigenvalue weighted by molar-refractivity contribution is 6.30. The van der Waals surface area contributed by atoms with Gasteiger partial charge in [0.2, 0.25) is 0 Å². The Kier molecular flexibility index (Phi) is 5.51. The fourth-order valence-corrected chi connectivity index (χ4v) is 2.95. The second-order valence-corrected chi connectivity index (χ2v) is 6.78. The van der Waals surface area contributed by atoms with Gasteiger partial charge in [-0.2, -0.15) is 4.98 Å². The molecule has 0 aliphatic heterocycles. The zero-order chi connectivity index (χ0) is 17.3. The van der Waals surface area contributed by atoms with Gasteiger partial charge in [-0.05, 0) is 49.1 Å². The first-order valence-corrected chi connectivity index (χ1v) is 8.62. The van der Waals surface area contributed by atoms with Gasteiger partial charge in [0.1, 0.15) is 12.4 Å². The van der Waals surface area contributed by atoms with E-state index in [1.54, 1.807) is 0 Å². The average molecular weight is 392 g/mol. The molecule has 3 aromatic rings. The smallest absolute Gasteiger partial charge is 0.261 e. The van der Waals surface area contributed by atoms with E-state index in [1.165, 1.54) is 0 Å². The van der Waals surface area contributed by atoms with Crippen molar-refractivity contribution < 1.29 is 9.26 Å². The Balaban J connectivity index is 0.00000196. The lowest BCUT2D eigenvalue weighted by molar-refractivity contribution is 0.229.